The fourth-order valence-electron chi connectivity index (χ4n) is 6.55. The molecule has 0 unspecified atom stereocenters. The van der Waals surface area contributed by atoms with E-state index >= 15 is 0 Å². The van der Waals surface area contributed by atoms with Gasteiger partial charge in [0.2, 0.25) is 0 Å². The lowest BCUT2D eigenvalue weighted by Crippen LogP contribution is -2.38. The summed E-state index contributed by atoms with van der Waals surface area (Å²) in [7, 11) is 0. The molecule has 4 aromatic carbocycles. The number of hydrogen-bond acceptors (Lipinski definition) is 10. The summed E-state index contributed by atoms with van der Waals surface area (Å²) in [6.07, 6.45) is 1.49. The van der Waals surface area contributed by atoms with Gasteiger partial charge in [-0.3, -0.25) is 19.4 Å². The normalized spacial score (nSPS) is 15.1. The minimum absolute atomic E-state index is 0.265. The molecule has 12 heteroatoms. The quantitative estimate of drug-likeness (QED) is 0.101. The van der Waals surface area contributed by atoms with Crippen LogP contribution >= 0.6 is 23.2 Å². The lowest BCUT2D eigenvalue weighted by molar-refractivity contribution is 0.0321. The molecule has 54 heavy (non-hydrogen) atoms. The van der Waals surface area contributed by atoms with Crippen molar-refractivity contribution in [1.29, 1.82) is 0 Å². The fourth-order valence-corrected chi connectivity index (χ4v) is 7.00. The number of aldehydes is 2. The third-order valence-corrected chi connectivity index (χ3v) is 10.5. The number of hydrogen-bond donors (Lipinski definition) is 0. The van der Waals surface area contributed by atoms with Gasteiger partial charge in [0.05, 0.1) is 47.6 Å². The molecule has 0 bridgehead atoms. The van der Waals surface area contributed by atoms with Gasteiger partial charge in [-0.05, 0) is 59.4 Å². The van der Waals surface area contributed by atoms with Gasteiger partial charge in [0.1, 0.15) is 49.4 Å². The van der Waals surface area contributed by atoms with Crippen LogP contribution in [0.2, 0.25) is 10.0 Å². The largest absolute Gasteiger partial charge is 0.491 e. The Balaban J connectivity index is 1.12. The Morgan fingerprint density at radius 1 is 0.593 bits per heavy atom. The summed E-state index contributed by atoms with van der Waals surface area (Å²) in [5.41, 5.74) is 6.98. The SMILES string of the molecule is Cc1c(COc2cc(OCCN3CCOCC3)c(C=O)cc2Cl)cccc1-c1cccc(COc2cc(OCCN3CCOCC3)c(C=O)cc2Cl)c1C. The average molecular weight is 778 g/mol. The van der Waals surface area contributed by atoms with E-state index in [2.05, 4.69) is 35.8 Å². The van der Waals surface area contributed by atoms with Crippen molar-refractivity contribution in [2.75, 3.05) is 78.9 Å². The molecule has 0 N–H and O–H groups in total. The predicted octanol–water partition coefficient (Wildman–Crippen LogP) is 7.48. The van der Waals surface area contributed by atoms with E-state index in [1.54, 1.807) is 24.3 Å². The molecular formula is C42H46Cl2N2O8. The second-order valence-electron chi connectivity index (χ2n) is 13.2. The first kappa shape index (κ1) is 39.5. The molecule has 2 aliphatic rings. The summed E-state index contributed by atoms with van der Waals surface area (Å²) < 4.78 is 35.3. The zero-order valence-electron chi connectivity index (χ0n) is 30.7. The van der Waals surface area contributed by atoms with Gasteiger partial charge in [0, 0.05) is 51.4 Å². The predicted molar refractivity (Wildman–Crippen MR) is 209 cm³/mol. The van der Waals surface area contributed by atoms with Gasteiger partial charge >= 0.3 is 0 Å². The van der Waals surface area contributed by atoms with Crippen molar-refractivity contribution in [3.05, 3.63) is 104 Å². The second kappa shape index (κ2) is 19.4. The van der Waals surface area contributed by atoms with E-state index in [1.807, 2.05) is 24.3 Å². The summed E-state index contributed by atoms with van der Waals surface area (Å²) in [6.45, 7) is 13.2. The summed E-state index contributed by atoms with van der Waals surface area (Å²) in [5, 5.41) is 0.671. The first-order valence-corrected chi connectivity index (χ1v) is 19.0. The monoisotopic (exact) mass is 776 g/mol. The van der Waals surface area contributed by atoms with Gasteiger partial charge < -0.3 is 28.4 Å². The highest BCUT2D eigenvalue weighted by molar-refractivity contribution is 6.32. The van der Waals surface area contributed by atoms with E-state index in [0.717, 1.165) is 85.2 Å². The minimum atomic E-state index is 0.265. The van der Waals surface area contributed by atoms with E-state index in [1.165, 1.54) is 0 Å². The lowest BCUT2D eigenvalue weighted by Gasteiger charge is -2.26. The molecule has 0 saturated carbocycles. The molecule has 2 heterocycles. The van der Waals surface area contributed by atoms with Crippen LogP contribution in [0.4, 0.5) is 0 Å². The smallest absolute Gasteiger partial charge is 0.153 e. The van der Waals surface area contributed by atoms with Crippen LogP contribution in [0.3, 0.4) is 0 Å². The molecule has 286 valence electrons. The molecule has 0 aliphatic carbocycles. The van der Waals surface area contributed by atoms with Crippen LogP contribution in [-0.2, 0) is 22.7 Å². The first-order chi connectivity index (χ1) is 26.3. The lowest BCUT2D eigenvalue weighted by atomic mass is 9.92. The summed E-state index contributed by atoms with van der Waals surface area (Å²) in [4.78, 5) is 28.1. The molecule has 10 nitrogen and oxygen atoms in total. The van der Waals surface area contributed by atoms with Crippen molar-refractivity contribution < 1.29 is 38.0 Å². The zero-order chi connectivity index (χ0) is 37.9. The Labute approximate surface area is 326 Å². The van der Waals surface area contributed by atoms with Crippen molar-refractivity contribution in [2.45, 2.75) is 27.1 Å². The molecule has 2 aliphatic heterocycles. The van der Waals surface area contributed by atoms with Gasteiger partial charge in [-0.2, -0.15) is 0 Å². The van der Waals surface area contributed by atoms with Crippen molar-refractivity contribution in [3.63, 3.8) is 0 Å². The first-order valence-electron chi connectivity index (χ1n) is 18.2. The van der Waals surface area contributed by atoms with E-state index in [4.69, 9.17) is 51.6 Å². The second-order valence-corrected chi connectivity index (χ2v) is 14.1. The number of nitrogens with zero attached hydrogens (tertiary/aromatic N) is 2. The van der Waals surface area contributed by atoms with Crippen molar-refractivity contribution in [2.24, 2.45) is 0 Å². The highest BCUT2D eigenvalue weighted by Gasteiger charge is 2.18. The Kier molecular flexibility index (Phi) is 14.2. The summed E-state index contributed by atoms with van der Waals surface area (Å²) in [5.74, 6) is 1.75. The van der Waals surface area contributed by atoms with Crippen molar-refractivity contribution in [3.8, 4) is 34.1 Å². The Morgan fingerprint density at radius 2 is 1.00 bits per heavy atom. The van der Waals surface area contributed by atoms with Crippen LogP contribution in [0, 0.1) is 13.8 Å². The fraction of sp³-hybridized carbons (Fsp3) is 0.381. The van der Waals surface area contributed by atoms with E-state index in [9.17, 15) is 9.59 Å². The molecule has 0 radical (unpaired) electrons. The van der Waals surface area contributed by atoms with Crippen LogP contribution < -0.4 is 18.9 Å². The van der Waals surface area contributed by atoms with E-state index in [-0.39, 0.29) is 13.2 Å². The maximum atomic E-state index is 11.8. The maximum absolute atomic E-state index is 11.8. The van der Waals surface area contributed by atoms with Gasteiger partial charge in [-0.1, -0.05) is 59.6 Å². The standard InChI is InChI=1S/C42H46Cl2N2O8/c1-29-31(27-53-41-23-39(33(25-47)21-37(41)43)51-19-13-45-9-15-49-16-10-45)5-3-7-35(29)36-8-4-6-32(30(36)2)28-54-42-24-40(34(26-48)22-38(42)44)52-20-14-46-11-17-50-18-12-46/h3-8,21-26H,9-20,27-28H2,1-2H3. The molecule has 0 amide bonds. The average Bonchev–Trinajstić information content (AvgIpc) is 3.19. The maximum Gasteiger partial charge on any atom is 0.153 e. The Morgan fingerprint density at radius 3 is 1.39 bits per heavy atom. The molecule has 2 fully saturated rings. The van der Waals surface area contributed by atoms with Crippen LogP contribution in [-0.4, -0.2) is 101 Å². The number of halogens is 2. The third kappa shape index (κ3) is 10.1. The van der Waals surface area contributed by atoms with Crippen LogP contribution in [0.1, 0.15) is 43.0 Å². The topological polar surface area (TPSA) is 96.0 Å². The van der Waals surface area contributed by atoms with Crippen LogP contribution in [0.15, 0.2) is 60.7 Å². The van der Waals surface area contributed by atoms with Crippen LogP contribution in [0.5, 0.6) is 23.0 Å². The van der Waals surface area contributed by atoms with E-state index in [0.29, 0.717) is 83.8 Å². The number of carbonyl (C=O) groups is 2. The number of ether oxygens (including phenoxy) is 6. The number of benzene rings is 4. The molecule has 2 saturated heterocycles. The third-order valence-electron chi connectivity index (χ3n) is 9.87. The Bertz CT molecular complexity index is 1770. The van der Waals surface area contributed by atoms with Gasteiger partial charge in [0.15, 0.2) is 12.6 Å². The summed E-state index contributed by atoms with van der Waals surface area (Å²) >= 11 is 13.1. The number of morpholine rings is 2. The molecule has 0 atom stereocenters. The highest BCUT2D eigenvalue weighted by Crippen LogP contribution is 2.36. The Hall–Kier alpha value is -4.16. The summed E-state index contributed by atoms with van der Waals surface area (Å²) in [6, 6.07) is 18.8. The molecule has 6 rings (SSSR count). The van der Waals surface area contributed by atoms with Crippen molar-refractivity contribution in [1.82, 2.24) is 9.80 Å². The number of carbonyl (C=O) groups excluding carboxylic acids is 2. The molecule has 0 spiro atoms. The molecular weight excluding hydrogens is 731 g/mol. The number of rotatable bonds is 17. The van der Waals surface area contributed by atoms with Crippen LogP contribution in [0.25, 0.3) is 11.1 Å². The minimum Gasteiger partial charge on any atom is -0.491 e. The zero-order valence-corrected chi connectivity index (χ0v) is 32.3. The van der Waals surface area contributed by atoms with Gasteiger partial charge in [-0.15, -0.1) is 0 Å². The molecule has 0 aromatic heterocycles. The van der Waals surface area contributed by atoms with Gasteiger partial charge in [-0.25, -0.2) is 0 Å². The van der Waals surface area contributed by atoms with Gasteiger partial charge in [0.25, 0.3) is 0 Å². The van der Waals surface area contributed by atoms with E-state index < -0.39 is 0 Å². The van der Waals surface area contributed by atoms with Crippen molar-refractivity contribution >= 4 is 35.8 Å². The highest BCUT2D eigenvalue weighted by atomic mass is 35.5. The molecule has 4 aromatic rings.